The lowest BCUT2D eigenvalue weighted by atomic mass is 10.1. The number of hydrogen-bond donors (Lipinski definition) is 1. The molecule has 0 spiro atoms. The fourth-order valence-corrected chi connectivity index (χ4v) is 5.74. The van der Waals surface area contributed by atoms with Gasteiger partial charge in [-0.25, -0.2) is 9.59 Å². The Hall–Kier alpha value is -3.53. The maximum Gasteiger partial charge on any atom is 0.410 e. The van der Waals surface area contributed by atoms with Crippen molar-refractivity contribution in [1.82, 2.24) is 29.8 Å². The van der Waals surface area contributed by atoms with E-state index in [9.17, 15) is 24.0 Å². The predicted molar refractivity (Wildman–Crippen MR) is 220 cm³/mol. The number of halogens is 2. The summed E-state index contributed by atoms with van der Waals surface area (Å²) >= 11 is 6.70. The number of carbonyl (C=O) groups is 5. The monoisotopic (exact) mass is 882 g/mol. The molecular weight excluding hydrogens is 824 g/mol. The summed E-state index contributed by atoms with van der Waals surface area (Å²) in [6.07, 6.45) is 0.224. The van der Waals surface area contributed by atoms with Crippen LogP contribution in [0.1, 0.15) is 85.6 Å². The molecule has 0 unspecified atom stereocenters. The van der Waals surface area contributed by atoms with Gasteiger partial charge in [0.05, 0.1) is 5.56 Å². The summed E-state index contributed by atoms with van der Waals surface area (Å²) in [7, 11) is 6.81. The van der Waals surface area contributed by atoms with Crippen LogP contribution in [0.25, 0.3) is 0 Å². The molecule has 2 aliphatic rings. The van der Waals surface area contributed by atoms with Gasteiger partial charge in [-0.05, 0) is 77.4 Å². The molecular formula is C39H60Br2N6O7. The van der Waals surface area contributed by atoms with Crippen LogP contribution in [0.4, 0.5) is 9.59 Å². The van der Waals surface area contributed by atoms with Gasteiger partial charge in [0.15, 0.2) is 6.29 Å². The number of hydrogen-bond acceptors (Lipinski definition) is 9. The fourth-order valence-electron chi connectivity index (χ4n) is 5.01. The van der Waals surface area contributed by atoms with Crippen molar-refractivity contribution in [2.45, 2.75) is 66.7 Å². The molecule has 15 heteroatoms. The summed E-state index contributed by atoms with van der Waals surface area (Å²) in [5, 5.41) is 3.18. The van der Waals surface area contributed by atoms with Crippen LogP contribution in [-0.4, -0.2) is 147 Å². The molecule has 2 fully saturated rings. The number of benzene rings is 2. The van der Waals surface area contributed by atoms with Crippen LogP contribution in [0.5, 0.6) is 0 Å². The highest BCUT2D eigenvalue weighted by atomic mass is 79.9. The molecule has 0 aliphatic carbocycles. The molecule has 4 amide bonds. The molecule has 2 aromatic carbocycles. The SMILES string of the molecule is C.CC(C)(C)OC(=O)N1CCNCC1.CN(C)C(=O)c1cc(Br)ccc1C=O.CN(C)C(=O)c1cc(Br)ccc1CN1CCN(C(=O)OC(C)(C)C)CC1. The lowest BCUT2D eigenvalue weighted by molar-refractivity contribution is 0.0137. The first-order chi connectivity index (χ1) is 24.6. The summed E-state index contributed by atoms with van der Waals surface area (Å²) in [6.45, 7) is 17.9. The van der Waals surface area contributed by atoms with E-state index in [0.717, 1.165) is 53.8 Å². The quantitative estimate of drug-likeness (QED) is 0.329. The summed E-state index contributed by atoms with van der Waals surface area (Å²) in [6, 6.07) is 10.8. The second-order valence-corrected chi connectivity index (χ2v) is 16.8. The minimum atomic E-state index is -0.479. The van der Waals surface area contributed by atoms with Crippen molar-refractivity contribution < 1.29 is 33.4 Å². The number of aldehydes is 1. The van der Waals surface area contributed by atoms with E-state index in [1.807, 2.05) is 59.7 Å². The van der Waals surface area contributed by atoms with Crippen molar-refractivity contribution in [2.75, 3.05) is 80.5 Å². The molecule has 54 heavy (non-hydrogen) atoms. The van der Waals surface area contributed by atoms with Gasteiger partial charge >= 0.3 is 12.2 Å². The maximum absolute atomic E-state index is 12.5. The topological polar surface area (TPSA) is 132 Å². The molecule has 13 nitrogen and oxygen atoms in total. The average molecular weight is 885 g/mol. The van der Waals surface area contributed by atoms with Gasteiger partial charge in [0.25, 0.3) is 11.8 Å². The summed E-state index contributed by atoms with van der Waals surface area (Å²) in [5.41, 5.74) is 1.66. The van der Waals surface area contributed by atoms with Gasteiger partial charge in [0, 0.05) is 107 Å². The Kier molecular flexibility index (Phi) is 19.9. The average Bonchev–Trinajstić information content (AvgIpc) is 3.08. The van der Waals surface area contributed by atoms with E-state index in [1.54, 1.807) is 61.1 Å². The van der Waals surface area contributed by atoms with Crippen molar-refractivity contribution in [2.24, 2.45) is 0 Å². The lowest BCUT2D eigenvalue weighted by Gasteiger charge is -2.35. The molecule has 2 aromatic rings. The van der Waals surface area contributed by atoms with Crippen LogP contribution in [-0.2, 0) is 16.0 Å². The molecule has 0 atom stereocenters. The smallest absolute Gasteiger partial charge is 0.410 e. The summed E-state index contributed by atoms with van der Waals surface area (Å²) in [5.74, 6) is -0.179. The zero-order valence-electron chi connectivity index (χ0n) is 32.8. The fraction of sp³-hybridized carbons (Fsp3) is 0.564. The highest BCUT2D eigenvalue weighted by Crippen LogP contribution is 2.21. The van der Waals surface area contributed by atoms with E-state index >= 15 is 0 Å². The van der Waals surface area contributed by atoms with Crippen LogP contribution >= 0.6 is 31.9 Å². The molecule has 302 valence electrons. The predicted octanol–water partition coefficient (Wildman–Crippen LogP) is 6.63. The Balaban J connectivity index is 0.000000440. The van der Waals surface area contributed by atoms with Crippen molar-refractivity contribution >= 4 is 62.1 Å². The largest absolute Gasteiger partial charge is 0.444 e. The molecule has 0 radical (unpaired) electrons. The third kappa shape index (κ3) is 16.9. The highest BCUT2D eigenvalue weighted by molar-refractivity contribution is 9.10. The second-order valence-electron chi connectivity index (χ2n) is 15.0. The van der Waals surface area contributed by atoms with Crippen LogP contribution < -0.4 is 5.32 Å². The zero-order valence-corrected chi connectivity index (χ0v) is 35.9. The minimum Gasteiger partial charge on any atom is -0.444 e. The molecule has 0 bridgehead atoms. The molecule has 0 saturated carbocycles. The molecule has 2 heterocycles. The zero-order chi connectivity index (χ0) is 40.1. The second kappa shape index (κ2) is 22.1. The van der Waals surface area contributed by atoms with Crippen molar-refractivity contribution in [3.8, 4) is 0 Å². The highest BCUT2D eigenvalue weighted by Gasteiger charge is 2.27. The van der Waals surface area contributed by atoms with Crippen molar-refractivity contribution in [3.05, 3.63) is 67.6 Å². The van der Waals surface area contributed by atoms with Gasteiger partial charge in [-0.2, -0.15) is 0 Å². The molecule has 1 N–H and O–H groups in total. The Labute approximate surface area is 338 Å². The van der Waals surface area contributed by atoms with Crippen LogP contribution in [0.2, 0.25) is 0 Å². The number of nitrogens with zero attached hydrogens (tertiary/aromatic N) is 5. The first-order valence-electron chi connectivity index (χ1n) is 17.5. The van der Waals surface area contributed by atoms with Crippen LogP contribution in [0, 0.1) is 0 Å². The van der Waals surface area contributed by atoms with Gasteiger partial charge in [-0.1, -0.05) is 45.4 Å². The number of rotatable bonds is 5. The Bertz CT molecular complexity index is 1560. The third-order valence-electron chi connectivity index (χ3n) is 7.67. The minimum absolute atomic E-state index is 0. The van der Waals surface area contributed by atoms with E-state index in [0.29, 0.717) is 42.6 Å². The van der Waals surface area contributed by atoms with Gasteiger partial charge < -0.3 is 34.4 Å². The molecule has 2 saturated heterocycles. The number of ether oxygens (including phenoxy) is 2. The lowest BCUT2D eigenvalue weighted by Crippen LogP contribution is -2.49. The van der Waals surface area contributed by atoms with E-state index in [-0.39, 0.29) is 37.0 Å². The molecule has 4 rings (SSSR count). The van der Waals surface area contributed by atoms with Crippen LogP contribution in [0.15, 0.2) is 45.3 Å². The Morgan fingerprint density at radius 2 is 1.13 bits per heavy atom. The van der Waals surface area contributed by atoms with Crippen molar-refractivity contribution in [3.63, 3.8) is 0 Å². The van der Waals surface area contributed by atoms with Gasteiger partial charge in [0.1, 0.15) is 11.2 Å². The Morgan fingerprint density at radius 1 is 0.704 bits per heavy atom. The van der Waals surface area contributed by atoms with Gasteiger partial charge in [-0.3, -0.25) is 19.3 Å². The number of nitrogens with one attached hydrogen (secondary N) is 1. The normalized spacial score (nSPS) is 14.5. The first kappa shape index (κ1) is 48.5. The van der Waals surface area contributed by atoms with E-state index in [2.05, 4.69) is 42.1 Å². The van der Waals surface area contributed by atoms with Crippen molar-refractivity contribution in [1.29, 1.82) is 0 Å². The summed E-state index contributed by atoms with van der Waals surface area (Å²) in [4.78, 5) is 67.2. The number of piperazine rings is 2. The number of amides is 4. The first-order valence-corrected chi connectivity index (χ1v) is 19.1. The standard InChI is InChI=1S/C19H28BrN3O3.C10H10BrNO2.C9H18N2O2.CH4/c1-19(2,3)26-18(25)23-10-8-22(9-11-23)13-14-6-7-15(20)12-16(14)17(24)21(4)5;1-12(2)10(14)9-5-8(11)4-3-7(9)6-13;1-9(2,3)13-8(12)11-6-4-10-5-7-11;/h6-7,12H,8-11,13H2,1-5H3;3-6H,1-2H3;10H,4-7H2,1-3H3;1H4. The molecule has 0 aromatic heterocycles. The maximum atomic E-state index is 12.5. The van der Waals surface area contributed by atoms with E-state index in [4.69, 9.17) is 9.47 Å². The van der Waals surface area contributed by atoms with Gasteiger partial charge in [0.2, 0.25) is 0 Å². The van der Waals surface area contributed by atoms with E-state index < -0.39 is 5.60 Å². The molecule has 2 aliphatic heterocycles. The number of carbonyl (C=O) groups excluding carboxylic acids is 5. The Morgan fingerprint density at radius 3 is 1.57 bits per heavy atom. The van der Waals surface area contributed by atoms with Crippen LogP contribution in [0.3, 0.4) is 0 Å². The summed E-state index contributed by atoms with van der Waals surface area (Å²) < 4.78 is 12.3. The van der Waals surface area contributed by atoms with E-state index in [1.165, 1.54) is 4.90 Å². The third-order valence-corrected chi connectivity index (χ3v) is 8.66. The van der Waals surface area contributed by atoms with Gasteiger partial charge in [-0.15, -0.1) is 0 Å².